The highest BCUT2D eigenvalue weighted by Crippen LogP contribution is 2.16. The normalized spacial score (nSPS) is 10.7. The maximum absolute atomic E-state index is 11.5. The van der Waals surface area contributed by atoms with Gasteiger partial charge in [0.2, 0.25) is 5.91 Å². The highest BCUT2D eigenvalue weighted by Gasteiger charge is 2.10. The predicted molar refractivity (Wildman–Crippen MR) is 73.3 cm³/mol. The highest BCUT2D eigenvalue weighted by atomic mass is 35.5. The Morgan fingerprint density at radius 1 is 1.56 bits per heavy atom. The summed E-state index contributed by atoms with van der Waals surface area (Å²) in [6.07, 6.45) is 0.929. The van der Waals surface area contributed by atoms with E-state index in [0.717, 1.165) is 6.42 Å². The topological polar surface area (TPSA) is 71.2 Å². The van der Waals surface area contributed by atoms with E-state index in [0.29, 0.717) is 36.2 Å². The highest BCUT2D eigenvalue weighted by molar-refractivity contribution is 6.31. The fourth-order valence-electron chi connectivity index (χ4n) is 1.49. The van der Waals surface area contributed by atoms with Gasteiger partial charge in [0.25, 0.3) is 0 Å². The molecule has 0 saturated carbocycles. The van der Waals surface area contributed by atoms with Crippen LogP contribution in [0.1, 0.15) is 19.0 Å². The molecular formula is C12H19ClN4O. The number of nitrogen functional groups attached to an aromatic ring is 1. The fraction of sp³-hybridized carbons (Fsp3) is 0.500. The van der Waals surface area contributed by atoms with Gasteiger partial charge in [0.05, 0.1) is 17.3 Å². The van der Waals surface area contributed by atoms with Crippen molar-refractivity contribution in [2.24, 2.45) is 0 Å². The SMILES string of the molecule is CCCNC(=O)CN(C)Cc1nc(N)ccc1Cl. The molecule has 0 aliphatic rings. The second-order valence-electron chi connectivity index (χ2n) is 4.19. The van der Waals surface area contributed by atoms with Crippen LogP contribution in [0.25, 0.3) is 0 Å². The minimum Gasteiger partial charge on any atom is -0.384 e. The lowest BCUT2D eigenvalue weighted by atomic mass is 10.3. The Balaban J connectivity index is 2.51. The first-order chi connectivity index (χ1) is 8.52. The van der Waals surface area contributed by atoms with E-state index in [9.17, 15) is 4.79 Å². The molecule has 1 amide bonds. The molecule has 3 N–H and O–H groups in total. The number of hydrogen-bond acceptors (Lipinski definition) is 4. The lowest BCUT2D eigenvalue weighted by Gasteiger charge is -2.16. The molecule has 6 heteroatoms. The van der Waals surface area contributed by atoms with Crippen molar-refractivity contribution in [3.8, 4) is 0 Å². The molecule has 0 aliphatic carbocycles. The largest absolute Gasteiger partial charge is 0.384 e. The molecule has 0 radical (unpaired) electrons. The average Bonchev–Trinajstić information content (AvgIpc) is 2.31. The van der Waals surface area contributed by atoms with Gasteiger partial charge in [-0.25, -0.2) is 4.98 Å². The zero-order valence-corrected chi connectivity index (χ0v) is 11.5. The quantitative estimate of drug-likeness (QED) is 0.817. The Morgan fingerprint density at radius 2 is 2.28 bits per heavy atom. The van der Waals surface area contributed by atoms with Gasteiger partial charge in [0, 0.05) is 13.1 Å². The predicted octanol–water partition coefficient (Wildman–Crippen LogP) is 1.28. The van der Waals surface area contributed by atoms with Gasteiger partial charge in [0.15, 0.2) is 0 Å². The van der Waals surface area contributed by atoms with E-state index in [1.54, 1.807) is 12.1 Å². The second kappa shape index (κ2) is 7.18. The van der Waals surface area contributed by atoms with Gasteiger partial charge in [-0.2, -0.15) is 0 Å². The van der Waals surface area contributed by atoms with Gasteiger partial charge < -0.3 is 11.1 Å². The number of carbonyl (C=O) groups excluding carboxylic acids is 1. The summed E-state index contributed by atoms with van der Waals surface area (Å²) in [5, 5.41) is 3.38. The van der Waals surface area contributed by atoms with E-state index < -0.39 is 0 Å². The van der Waals surface area contributed by atoms with E-state index in [1.165, 1.54) is 0 Å². The molecule has 5 nitrogen and oxygen atoms in total. The Morgan fingerprint density at radius 3 is 2.94 bits per heavy atom. The van der Waals surface area contributed by atoms with E-state index in [-0.39, 0.29) is 5.91 Å². The minimum absolute atomic E-state index is 0.000578. The third-order valence-corrected chi connectivity index (χ3v) is 2.69. The van der Waals surface area contributed by atoms with Crippen LogP contribution in [-0.4, -0.2) is 35.9 Å². The van der Waals surface area contributed by atoms with E-state index in [2.05, 4.69) is 10.3 Å². The van der Waals surface area contributed by atoms with Crippen LogP contribution in [0.15, 0.2) is 12.1 Å². The Labute approximate surface area is 112 Å². The molecule has 0 aromatic carbocycles. The number of anilines is 1. The third kappa shape index (κ3) is 4.89. The molecule has 0 atom stereocenters. The maximum atomic E-state index is 11.5. The molecule has 1 aromatic rings. The van der Waals surface area contributed by atoms with Gasteiger partial charge in [0.1, 0.15) is 5.82 Å². The Hall–Kier alpha value is -1.33. The molecule has 1 aromatic heterocycles. The van der Waals surface area contributed by atoms with Crippen molar-refractivity contribution in [3.63, 3.8) is 0 Å². The van der Waals surface area contributed by atoms with Crippen LogP contribution >= 0.6 is 11.6 Å². The van der Waals surface area contributed by atoms with Crippen molar-refractivity contribution in [3.05, 3.63) is 22.8 Å². The standard InChI is InChI=1S/C12H19ClN4O/c1-3-6-15-12(18)8-17(2)7-10-9(13)4-5-11(14)16-10/h4-5H,3,6-8H2,1-2H3,(H2,14,16)(H,15,18). The number of rotatable bonds is 6. The van der Waals surface area contributed by atoms with Gasteiger partial charge in [-0.3, -0.25) is 9.69 Å². The molecule has 0 saturated heterocycles. The first-order valence-electron chi connectivity index (χ1n) is 5.89. The Kier molecular flexibility index (Phi) is 5.88. The van der Waals surface area contributed by atoms with Crippen molar-refractivity contribution >= 4 is 23.3 Å². The maximum Gasteiger partial charge on any atom is 0.234 e. The summed E-state index contributed by atoms with van der Waals surface area (Å²) in [6, 6.07) is 3.37. The van der Waals surface area contributed by atoms with Crippen LogP contribution in [0, 0.1) is 0 Å². The van der Waals surface area contributed by atoms with Crippen LogP contribution in [0.3, 0.4) is 0 Å². The lowest BCUT2D eigenvalue weighted by Crippen LogP contribution is -2.35. The number of nitrogens with two attached hydrogens (primary N) is 1. The Bertz CT molecular complexity index is 411. The molecule has 1 rings (SSSR count). The smallest absolute Gasteiger partial charge is 0.234 e. The van der Waals surface area contributed by atoms with Crippen molar-refractivity contribution < 1.29 is 4.79 Å². The summed E-state index contributed by atoms with van der Waals surface area (Å²) in [6.45, 7) is 3.51. The van der Waals surface area contributed by atoms with Gasteiger partial charge >= 0.3 is 0 Å². The molecule has 0 bridgehead atoms. The molecular weight excluding hydrogens is 252 g/mol. The summed E-state index contributed by atoms with van der Waals surface area (Å²) < 4.78 is 0. The molecule has 0 unspecified atom stereocenters. The van der Waals surface area contributed by atoms with Crippen LogP contribution in [0.2, 0.25) is 5.02 Å². The zero-order chi connectivity index (χ0) is 13.5. The van der Waals surface area contributed by atoms with Crippen molar-refractivity contribution in [2.45, 2.75) is 19.9 Å². The number of aromatic nitrogens is 1. The number of carbonyl (C=O) groups is 1. The summed E-state index contributed by atoms with van der Waals surface area (Å²) in [5.74, 6) is 0.428. The summed E-state index contributed by atoms with van der Waals surface area (Å²) in [4.78, 5) is 17.5. The van der Waals surface area contributed by atoms with Crippen LogP contribution in [0.5, 0.6) is 0 Å². The minimum atomic E-state index is -0.000578. The molecule has 18 heavy (non-hydrogen) atoms. The number of nitrogens with zero attached hydrogens (tertiary/aromatic N) is 2. The first-order valence-corrected chi connectivity index (χ1v) is 6.27. The molecule has 1 heterocycles. The monoisotopic (exact) mass is 270 g/mol. The summed E-state index contributed by atoms with van der Waals surface area (Å²) in [5.41, 5.74) is 6.29. The molecule has 0 fully saturated rings. The second-order valence-corrected chi connectivity index (χ2v) is 4.59. The van der Waals surface area contributed by atoms with Crippen molar-refractivity contribution in [2.75, 3.05) is 25.9 Å². The van der Waals surface area contributed by atoms with Gasteiger partial charge in [-0.1, -0.05) is 18.5 Å². The number of amides is 1. The number of nitrogens with one attached hydrogen (secondary N) is 1. The number of hydrogen-bond donors (Lipinski definition) is 2. The van der Waals surface area contributed by atoms with Crippen molar-refractivity contribution in [1.82, 2.24) is 15.2 Å². The fourth-order valence-corrected chi connectivity index (χ4v) is 1.65. The van der Waals surface area contributed by atoms with E-state index >= 15 is 0 Å². The number of likely N-dealkylation sites (N-methyl/N-ethyl adjacent to an activating group) is 1. The lowest BCUT2D eigenvalue weighted by molar-refractivity contribution is -0.122. The van der Waals surface area contributed by atoms with E-state index in [1.807, 2.05) is 18.9 Å². The van der Waals surface area contributed by atoms with Gasteiger partial charge in [-0.05, 0) is 25.6 Å². The van der Waals surface area contributed by atoms with E-state index in [4.69, 9.17) is 17.3 Å². The summed E-state index contributed by atoms with van der Waals surface area (Å²) >= 11 is 6.02. The number of halogens is 1. The van der Waals surface area contributed by atoms with Crippen LogP contribution in [-0.2, 0) is 11.3 Å². The molecule has 100 valence electrons. The first kappa shape index (κ1) is 14.7. The van der Waals surface area contributed by atoms with Crippen LogP contribution < -0.4 is 11.1 Å². The van der Waals surface area contributed by atoms with Crippen LogP contribution in [0.4, 0.5) is 5.82 Å². The molecule has 0 spiro atoms. The summed E-state index contributed by atoms with van der Waals surface area (Å²) in [7, 11) is 1.84. The molecule has 0 aliphatic heterocycles. The third-order valence-electron chi connectivity index (χ3n) is 2.35. The average molecular weight is 271 g/mol. The van der Waals surface area contributed by atoms with Crippen molar-refractivity contribution in [1.29, 1.82) is 0 Å². The zero-order valence-electron chi connectivity index (χ0n) is 10.7. The van der Waals surface area contributed by atoms with Gasteiger partial charge in [-0.15, -0.1) is 0 Å². The number of pyridine rings is 1.